The van der Waals surface area contributed by atoms with E-state index in [1.54, 1.807) is 30.6 Å². The summed E-state index contributed by atoms with van der Waals surface area (Å²) in [6, 6.07) is 6.87. The summed E-state index contributed by atoms with van der Waals surface area (Å²) in [5.41, 5.74) is 0.189. The molecule has 0 bridgehead atoms. The quantitative estimate of drug-likeness (QED) is 0.804. The molecule has 0 spiro atoms. The first kappa shape index (κ1) is 12.7. The van der Waals surface area contributed by atoms with E-state index >= 15 is 0 Å². The van der Waals surface area contributed by atoms with Crippen LogP contribution in [0.25, 0.3) is 0 Å². The molecule has 7 heteroatoms. The largest absolute Gasteiger partial charge is 0.481 e. The summed E-state index contributed by atoms with van der Waals surface area (Å²) >= 11 is 5.97. The summed E-state index contributed by atoms with van der Waals surface area (Å²) in [6.07, 6.45) is 2.98. The van der Waals surface area contributed by atoms with E-state index in [9.17, 15) is 9.90 Å². The SMILES string of the molecule is O=C(O)CC1(c2cc(Cl)ccn2)Nc2cccnc2N1. The molecule has 0 radical (unpaired) electrons. The summed E-state index contributed by atoms with van der Waals surface area (Å²) in [6.45, 7) is 0. The molecule has 3 rings (SSSR count). The third-order valence-electron chi connectivity index (χ3n) is 3.06. The number of halogens is 1. The number of aromatic nitrogens is 2. The van der Waals surface area contributed by atoms with E-state index < -0.39 is 11.6 Å². The Morgan fingerprint density at radius 3 is 2.85 bits per heavy atom. The minimum absolute atomic E-state index is 0.198. The number of pyridine rings is 2. The fourth-order valence-corrected chi connectivity index (χ4v) is 2.40. The van der Waals surface area contributed by atoms with E-state index in [1.807, 2.05) is 6.07 Å². The predicted octanol–water partition coefficient (Wildman–Crippen LogP) is 2.30. The maximum absolute atomic E-state index is 11.2. The van der Waals surface area contributed by atoms with Crippen LogP contribution in [0.15, 0.2) is 36.7 Å². The molecule has 0 aromatic carbocycles. The second-order valence-electron chi connectivity index (χ2n) is 4.48. The summed E-state index contributed by atoms with van der Waals surface area (Å²) in [7, 11) is 0. The van der Waals surface area contributed by atoms with Crippen molar-refractivity contribution in [2.45, 2.75) is 12.1 Å². The second-order valence-corrected chi connectivity index (χ2v) is 4.92. The average Bonchev–Trinajstić information content (AvgIpc) is 2.77. The predicted molar refractivity (Wildman–Crippen MR) is 74.7 cm³/mol. The smallest absolute Gasteiger partial charge is 0.308 e. The zero-order valence-corrected chi connectivity index (χ0v) is 11.1. The third kappa shape index (κ3) is 2.14. The van der Waals surface area contributed by atoms with Crippen LogP contribution in [0, 0.1) is 0 Å². The molecule has 1 atom stereocenters. The normalized spacial score (nSPS) is 19.9. The minimum Gasteiger partial charge on any atom is -0.481 e. The van der Waals surface area contributed by atoms with Gasteiger partial charge < -0.3 is 15.7 Å². The topological polar surface area (TPSA) is 87.1 Å². The van der Waals surface area contributed by atoms with Crippen molar-refractivity contribution in [2.24, 2.45) is 0 Å². The molecule has 2 aromatic heterocycles. The van der Waals surface area contributed by atoms with Crippen molar-refractivity contribution in [3.8, 4) is 0 Å². The standard InChI is InChI=1S/C13H11ClN4O2/c14-8-3-5-15-10(6-8)13(7-11(19)20)17-9-2-1-4-16-12(9)18-13/h1-6,17H,7H2,(H,16,18)(H,19,20). The van der Waals surface area contributed by atoms with Gasteiger partial charge in [-0.1, -0.05) is 11.6 Å². The van der Waals surface area contributed by atoms with Gasteiger partial charge in [0.15, 0.2) is 11.5 Å². The number of hydrogen-bond donors (Lipinski definition) is 3. The highest BCUT2D eigenvalue weighted by molar-refractivity contribution is 6.30. The summed E-state index contributed by atoms with van der Waals surface area (Å²) < 4.78 is 0. The molecular formula is C13H11ClN4O2. The number of aliphatic carboxylic acids is 1. The first-order chi connectivity index (χ1) is 9.59. The lowest BCUT2D eigenvalue weighted by molar-refractivity contribution is -0.138. The molecule has 6 nitrogen and oxygen atoms in total. The van der Waals surface area contributed by atoms with Gasteiger partial charge in [0.2, 0.25) is 0 Å². The molecule has 1 unspecified atom stereocenters. The number of carboxylic acid groups (broad SMARTS) is 1. The van der Waals surface area contributed by atoms with Gasteiger partial charge in [-0.25, -0.2) is 4.98 Å². The van der Waals surface area contributed by atoms with Crippen molar-refractivity contribution in [1.29, 1.82) is 0 Å². The van der Waals surface area contributed by atoms with Crippen molar-refractivity contribution in [2.75, 3.05) is 10.6 Å². The molecule has 3 N–H and O–H groups in total. The number of nitrogens with one attached hydrogen (secondary N) is 2. The van der Waals surface area contributed by atoms with Crippen LogP contribution in [-0.4, -0.2) is 21.0 Å². The van der Waals surface area contributed by atoms with Crippen LogP contribution >= 0.6 is 11.6 Å². The molecular weight excluding hydrogens is 280 g/mol. The lowest BCUT2D eigenvalue weighted by atomic mass is 10.0. The lowest BCUT2D eigenvalue weighted by Gasteiger charge is -2.28. The molecule has 102 valence electrons. The van der Waals surface area contributed by atoms with Gasteiger partial charge in [0.25, 0.3) is 0 Å². The number of carboxylic acids is 1. The molecule has 1 aliphatic heterocycles. The zero-order valence-electron chi connectivity index (χ0n) is 10.3. The minimum atomic E-state index is -1.05. The van der Waals surface area contributed by atoms with E-state index in [0.717, 1.165) is 5.69 Å². The molecule has 0 amide bonds. The summed E-state index contributed by atoms with van der Waals surface area (Å²) in [4.78, 5) is 19.6. The lowest BCUT2D eigenvalue weighted by Crippen LogP contribution is -2.41. The molecule has 20 heavy (non-hydrogen) atoms. The van der Waals surface area contributed by atoms with Crippen LogP contribution in [0.5, 0.6) is 0 Å². The Labute approximate surface area is 119 Å². The molecule has 0 saturated heterocycles. The fraction of sp³-hybridized carbons (Fsp3) is 0.154. The molecule has 1 aliphatic rings. The van der Waals surface area contributed by atoms with Gasteiger partial charge in [0.1, 0.15) is 0 Å². The highest BCUT2D eigenvalue weighted by atomic mass is 35.5. The molecule has 0 aliphatic carbocycles. The van der Waals surface area contributed by atoms with E-state index in [1.165, 1.54) is 0 Å². The van der Waals surface area contributed by atoms with Crippen molar-refractivity contribution in [3.05, 3.63) is 47.4 Å². The van der Waals surface area contributed by atoms with Crippen molar-refractivity contribution < 1.29 is 9.90 Å². The first-order valence-electron chi connectivity index (χ1n) is 5.94. The molecule has 0 fully saturated rings. The number of hydrogen-bond acceptors (Lipinski definition) is 5. The number of fused-ring (bicyclic) bond motifs is 1. The van der Waals surface area contributed by atoms with Crippen LogP contribution in [0.1, 0.15) is 12.1 Å². The molecule has 3 heterocycles. The Hall–Kier alpha value is -2.34. The number of carbonyl (C=O) groups is 1. The Bertz CT molecular complexity index is 652. The number of anilines is 2. The maximum Gasteiger partial charge on any atom is 0.308 e. The number of rotatable bonds is 3. The van der Waals surface area contributed by atoms with Crippen LogP contribution in [0.4, 0.5) is 11.5 Å². The van der Waals surface area contributed by atoms with Gasteiger partial charge in [-0.3, -0.25) is 9.78 Å². The number of nitrogens with zero attached hydrogens (tertiary/aromatic N) is 2. The fourth-order valence-electron chi connectivity index (χ4n) is 2.24. The Balaban J connectivity index is 2.06. The maximum atomic E-state index is 11.2. The second kappa shape index (κ2) is 4.64. The van der Waals surface area contributed by atoms with Crippen LogP contribution in [0.2, 0.25) is 5.02 Å². The van der Waals surface area contributed by atoms with Crippen molar-refractivity contribution in [3.63, 3.8) is 0 Å². The van der Waals surface area contributed by atoms with Gasteiger partial charge >= 0.3 is 5.97 Å². The van der Waals surface area contributed by atoms with Gasteiger partial charge in [-0.2, -0.15) is 0 Å². The van der Waals surface area contributed by atoms with Crippen LogP contribution in [-0.2, 0) is 10.5 Å². The highest BCUT2D eigenvalue weighted by Crippen LogP contribution is 2.39. The Morgan fingerprint density at radius 2 is 2.15 bits per heavy atom. The van der Waals surface area contributed by atoms with Crippen LogP contribution < -0.4 is 10.6 Å². The Morgan fingerprint density at radius 1 is 1.30 bits per heavy atom. The Kier molecular flexibility index (Phi) is 2.94. The summed E-state index contributed by atoms with van der Waals surface area (Å²) in [5.74, 6) is -0.366. The molecule has 0 saturated carbocycles. The average molecular weight is 291 g/mol. The third-order valence-corrected chi connectivity index (χ3v) is 3.30. The van der Waals surface area contributed by atoms with E-state index in [0.29, 0.717) is 16.5 Å². The van der Waals surface area contributed by atoms with Crippen LogP contribution in [0.3, 0.4) is 0 Å². The monoisotopic (exact) mass is 290 g/mol. The summed E-state index contributed by atoms with van der Waals surface area (Å²) in [5, 5.41) is 15.9. The zero-order chi connectivity index (χ0) is 14.2. The first-order valence-corrected chi connectivity index (χ1v) is 6.32. The van der Waals surface area contributed by atoms with Crippen molar-refractivity contribution in [1.82, 2.24) is 9.97 Å². The van der Waals surface area contributed by atoms with Gasteiger partial charge in [-0.05, 0) is 24.3 Å². The molecule has 2 aromatic rings. The van der Waals surface area contributed by atoms with Gasteiger partial charge in [0.05, 0.1) is 17.8 Å². The van der Waals surface area contributed by atoms with E-state index in [4.69, 9.17) is 11.6 Å². The van der Waals surface area contributed by atoms with E-state index in [-0.39, 0.29) is 6.42 Å². The highest BCUT2D eigenvalue weighted by Gasteiger charge is 2.42. The van der Waals surface area contributed by atoms with Gasteiger partial charge in [0, 0.05) is 17.4 Å². The van der Waals surface area contributed by atoms with Gasteiger partial charge in [-0.15, -0.1) is 0 Å². The van der Waals surface area contributed by atoms with Crippen molar-refractivity contribution >= 4 is 29.1 Å². The van der Waals surface area contributed by atoms with E-state index in [2.05, 4.69) is 20.6 Å².